The molecule has 0 amide bonds. The number of aliphatic hydroxyl groups is 2. The van der Waals surface area contributed by atoms with Gasteiger partial charge in [-0.2, -0.15) is 4.31 Å². The van der Waals surface area contributed by atoms with E-state index in [9.17, 15) is 37.5 Å². The van der Waals surface area contributed by atoms with Crippen LogP contribution < -0.4 is 10.5 Å². The highest BCUT2D eigenvalue weighted by atomic mass is 32.2. The Bertz CT molecular complexity index is 1910. The molecule has 7 N–H and O–H groups in total. The number of aromatic nitrogens is 7. The van der Waals surface area contributed by atoms with Crippen LogP contribution in [0.1, 0.15) is 17.5 Å². The van der Waals surface area contributed by atoms with Gasteiger partial charge < -0.3 is 30.5 Å². The molecule has 21 nitrogen and oxygen atoms in total. The molecule has 0 bridgehead atoms. The van der Waals surface area contributed by atoms with Gasteiger partial charge in [-0.05, 0) is 18.6 Å². The number of hydrogen-bond donors (Lipinski definition) is 6. The van der Waals surface area contributed by atoms with E-state index in [1.54, 1.807) is 25.1 Å². The van der Waals surface area contributed by atoms with Crippen LogP contribution >= 0.6 is 15.6 Å². The van der Waals surface area contributed by atoms with Crippen molar-refractivity contribution in [1.29, 1.82) is 0 Å². The van der Waals surface area contributed by atoms with Gasteiger partial charge in [-0.3, -0.25) is 18.3 Å². The molecular weight excluding hydrogens is 676 g/mol. The van der Waals surface area contributed by atoms with Gasteiger partial charge in [-0.15, -0.1) is 5.10 Å². The molecule has 1 fully saturated rings. The van der Waals surface area contributed by atoms with Crippen LogP contribution in [0.4, 0.5) is 5.82 Å². The summed E-state index contributed by atoms with van der Waals surface area (Å²) in [4.78, 5) is 32.0. The zero-order valence-electron chi connectivity index (χ0n) is 23.7. The highest BCUT2D eigenvalue weighted by molar-refractivity contribution is 7.89. The summed E-state index contributed by atoms with van der Waals surface area (Å²) in [5.41, 5.74) is 6.73. The highest BCUT2D eigenvalue weighted by Gasteiger charge is 2.46. The summed E-state index contributed by atoms with van der Waals surface area (Å²) in [5.74, 6) is 0.0646. The van der Waals surface area contributed by atoms with E-state index in [1.165, 1.54) is 27.8 Å². The fourth-order valence-corrected chi connectivity index (χ4v) is 7.71. The molecule has 0 saturated carbocycles. The van der Waals surface area contributed by atoms with E-state index >= 15 is 0 Å². The molecule has 250 valence electrons. The van der Waals surface area contributed by atoms with Gasteiger partial charge in [-0.1, -0.05) is 23.4 Å². The molecule has 46 heavy (non-hydrogen) atoms. The molecule has 0 spiro atoms. The van der Waals surface area contributed by atoms with Crippen molar-refractivity contribution in [3.8, 4) is 0 Å². The average Bonchev–Trinajstić information content (AvgIpc) is 3.69. The van der Waals surface area contributed by atoms with Crippen molar-refractivity contribution in [2.24, 2.45) is 0 Å². The largest absolute Gasteiger partial charge is 0.481 e. The molecule has 24 heteroatoms. The lowest BCUT2D eigenvalue weighted by molar-refractivity contribution is -0.0504. The van der Waals surface area contributed by atoms with E-state index in [0.717, 1.165) is 6.33 Å². The third-order valence-electron chi connectivity index (χ3n) is 6.58. The van der Waals surface area contributed by atoms with Crippen LogP contribution in [0.25, 0.3) is 11.2 Å². The topological polar surface area (TPSA) is 298 Å². The fourth-order valence-electron chi connectivity index (χ4n) is 4.39. The van der Waals surface area contributed by atoms with Crippen molar-refractivity contribution < 1.29 is 55.6 Å². The molecule has 1 aliphatic rings. The van der Waals surface area contributed by atoms with Crippen molar-refractivity contribution in [3.05, 3.63) is 54.4 Å². The number of fused-ring (bicyclic) bond motifs is 1. The van der Waals surface area contributed by atoms with Gasteiger partial charge in [0, 0.05) is 6.54 Å². The highest BCUT2D eigenvalue weighted by Crippen LogP contribution is 2.60. The Morgan fingerprint density at radius 2 is 1.83 bits per heavy atom. The van der Waals surface area contributed by atoms with Crippen LogP contribution in [0, 0.1) is 6.92 Å². The van der Waals surface area contributed by atoms with Gasteiger partial charge in [0.2, 0.25) is 10.0 Å². The minimum absolute atomic E-state index is 0.00915. The van der Waals surface area contributed by atoms with Gasteiger partial charge in [-0.25, -0.2) is 37.2 Å². The number of nitrogens with zero attached hydrogens (tertiary/aromatic N) is 7. The first-order valence-corrected chi connectivity index (χ1v) is 17.7. The van der Waals surface area contributed by atoms with Crippen LogP contribution in [0.5, 0.6) is 0 Å². The summed E-state index contributed by atoms with van der Waals surface area (Å²) in [6, 6.07) is 6.45. The second kappa shape index (κ2) is 13.5. The maximum Gasteiger partial charge on any atom is 0.481 e. The first kappa shape index (κ1) is 34.1. The maximum absolute atomic E-state index is 12.5. The first-order chi connectivity index (χ1) is 21.7. The SMILES string of the molecule is Cc1ccccc1S(=O)(=O)NCCn1cc(COP(=O)(O)OP(=O)(O)OC[C@H]2O[C@@H](n3cnc4c(N)ncnc43)[C@H](O)[C@@H]2O)nn1. The number of phosphoric ester groups is 2. The molecule has 5 rings (SSSR count). The smallest absolute Gasteiger partial charge is 0.387 e. The van der Waals surface area contributed by atoms with Gasteiger partial charge in [0.05, 0.1) is 30.6 Å². The minimum Gasteiger partial charge on any atom is -0.387 e. The number of aryl methyl sites for hydroxylation is 1. The molecule has 2 unspecified atom stereocenters. The van der Waals surface area contributed by atoms with Crippen molar-refractivity contribution in [1.82, 2.24) is 39.2 Å². The van der Waals surface area contributed by atoms with Crippen LogP contribution in [0.3, 0.4) is 0 Å². The van der Waals surface area contributed by atoms with E-state index in [4.69, 9.17) is 19.5 Å². The third kappa shape index (κ3) is 7.82. The van der Waals surface area contributed by atoms with Crippen LogP contribution in [0.15, 0.2) is 48.0 Å². The molecule has 0 aliphatic carbocycles. The lowest BCUT2D eigenvalue weighted by Crippen LogP contribution is -2.33. The lowest BCUT2D eigenvalue weighted by atomic mass is 10.1. The number of nitrogen functional groups attached to an aromatic ring is 1. The average molecular weight is 706 g/mol. The number of hydrogen-bond acceptors (Lipinski definition) is 16. The molecule has 0 radical (unpaired) electrons. The van der Waals surface area contributed by atoms with Gasteiger partial charge >= 0.3 is 15.6 Å². The number of phosphoric acid groups is 2. The minimum atomic E-state index is -5.29. The van der Waals surface area contributed by atoms with Crippen molar-refractivity contribution in [3.63, 3.8) is 0 Å². The number of ether oxygens (including phenoxy) is 1. The Labute approximate surface area is 260 Å². The molecule has 4 heterocycles. The lowest BCUT2D eigenvalue weighted by Gasteiger charge is -2.19. The third-order valence-corrected chi connectivity index (χ3v) is 10.8. The molecule has 3 aromatic heterocycles. The summed E-state index contributed by atoms with van der Waals surface area (Å²) >= 11 is 0. The van der Waals surface area contributed by atoms with E-state index in [2.05, 4.69) is 34.3 Å². The monoisotopic (exact) mass is 705 g/mol. The van der Waals surface area contributed by atoms with Crippen LogP contribution in [-0.4, -0.2) is 94.4 Å². The Balaban J connectivity index is 1.09. The van der Waals surface area contributed by atoms with E-state index in [1.807, 2.05) is 0 Å². The molecule has 6 atom stereocenters. The number of anilines is 1. The van der Waals surface area contributed by atoms with E-state index in [0.29, 0.717) is 5.56 Å². The number of nitrogens with one attached hydrogen (secondary N) is 1. The molecule has 1 saturated heterocycles. The second-order valence-corrected chi connectivity index (χ2v) is 14.6. The summed E-state index contributed by atoms with van der Waals surface area (Å²) in [6.45, 7) is 0.125. The van der Waals surface area contributed by atoms with Crippen LogP contribution in [-0.2, 0) is 50.4 Å². The predicted molar refractivity (Wildman–Crippen MR) is 154 cm³/mol. The summed E-state index contributed by atoms with van der Waals surface area (Å²) in [7, 11) is -14.3. The zero-order valence-corrected chi connectivity index (χ0v) is 26.3. The van der Waals surface area contributed by atoms with Crippen LogP contribution in [0.2, 0.25) is 0 Å². The predicted octanol–water partition coefficient (Wildman–Crippen LogP) is -0.643. The van der Waals surface area contributed by atoms with E-state index in [-0.39, 0.29) is 40.7 Å². The molecular formula is C22H29N9O12P2S. The standard InChI is InChI=1S/C22H29N9O12P2S/c1-13-4-2-3-5-16(13)46(38,39)27-6-7-30-8-14(28-29-30)9-40-44(34,35)43-45(36,37)41-10-15-18(32)19(33)22(42-15)31-12-26-17-20(23)24-11-25-21(17)31/h2-5,8,11-12,15,18-19,22,27,32-33H,6-7,9-10H2,1H3,(H,34,35)(H,36,37)(H2,23,24,25)/t15-,18-,19-,22-/m1/s1. The molecule has 4 aromatic rings. The van der Waals surface area contributed by atoms with Gasteiger partial charge in [0.1, 0.15) is 42.5 Å². The Morgan fingerprint density at radius 3 is 2.59 bits per heavy atom. The van der Waals surface area contributed by atoms with Gasteiger partial charge in [0.25, 0.3) is 0 Å². The quantitative estimate of drug-likeness (QED) is 0.0889. The summed E-state index contributed by atoms with van der Waals surface area (Å²) < 4.78 is 74.0. The Kier molecular flexibility index (Phi) is 9.99. The number of rotatable bonds is 14. The Morgan fingerprint density at radius 1 is 1.09 bits per heavy atom. The molecule has 1 aromatic carbocycles. The van der Waals surface area contributed by atoms with Gasteiger partial charge in [0.15, 0.2) is 17.7 Å². The summed E-state index contributed by atoms with van der Waals surface area (Å²) in [5, 5.41) is 28.4. The number of nitrogens with two attached hydrogens (primary N) is 1. The molecule has 1 aliphatic heterocycles. The number of sulfonamides is 1. The fraction of sp³-hybridized carbons (Fsp3) is 0.409. The van der Waals surface area contributed by atoms with Crippen molar-refractivity contribution in [2.75, 3.05) is 18.9 Å². The maximum atomic E-state index is 12.5. The number of benzene rings is 1. The van der Waals surface area contributed by atoms with E-state index < -0.39 is 63.4 Å². The number of imidazole rings is 1. The second-order valence-electron chi connectivity index (χ2n) is 9.85. The summed E-state index contributed by atoms with van der Waals surface area (Å²) in [6.07, 6.45) is -2.14. The normalized spacial score (nSPS) is 23.0. The Hall–Kier alpha value is -3.24. The van der Waals surface area contributed by atoms with Crippen molar-refractivity contribution in [2.45, 2.75) is 49.5 Å². The number of aliphatic hydroxyl groups excluding tert-OH is 2. The first-order valence-electron chi connectivity index (χ1n) is 13.2. The zero-order chi connectivity index (χ0) is 33.3. The van der Waals surface area contributed by atoms with Crippen molar-refractivity contribution >= 4 is 42.7 Å².